The van der Waals surface area contributed by atoms with Crippen LogP contribution >= 0.6 is 11.3 Å². The number of aryl methyl sites for hydroxylation is 1. The SMILES string of the molecule is CN=C(NC#N)NC1CCC(CNC(=O)c2sccc2C)(c2ccccc2)CC1. The van der Waals surface area contributed by atoms with Crippen LogP contribution in [0.15, 0.2) is 46.8 Å². The Kier molecular flexibility index (Phi) is 6.89. The molecule has 3 N–H and O–H groups in total. The van der Waals surface area contributed by atoms with Gasteiger partial charge in [0.2, 0.25) is 5.96 Å². The number of hydrogen-bond donors (Lipinski definition) is 3. The van der Waals surface area contributed by atoms with Gasteiger partial charge in [-0.3, -0.25) is 15.1 Å². The van der Waals surface area contributed by atoms with Crippen LogP contribution in [0.4, 0.5) is 0 Å². The van der Waals surface area contributed by atoms with Crippen molar-refractivity contribution in [1.82, 2.24) is 16.0 Å². The Balaban J connectivity index is 1.71. The first-order valence-electron chi connectivity index (χ1n) is 9.84. The predicted molar refractivity (Wildman–Crippen MR) is 117 cm³/mol. The van der Waals surface area contributed by atoms with Crippen LogP contribution in [0.3, 0.4) is 0 Å². The summed E-state index contributed by atoms with van der Waals surface area (Å²) in [5.74, 6) is 0.512. The molecule has 0 atom stereocenters. The summed E-state index contributed by atoms with van der Waals surface area (Å²) >= 11 is 1.48. The topological polar surface area (TPSA) is 89.3 Å². The molecule has 3 rings (SSSR count). The number of guanidine groups is 1. The van der Waals surface area contributed by atoms with Gasteiger partial charge in [-0.05, 0) is 55.2 Å². The third-order valence-corrected chi connectivity index (χ3v) is 6.74. The van der Waals surface area contributed by atoms with E-state index in [1.165, 1.54) is 16.9 Å². The van der Waals surface area contributed by atoms with Crippen molar-refractivity contribution in [2.45, 2.75) is 44.1 Å². The van der Waals surface area contributed by atoms with E-state index in [9.17, 15) is 4.79 Å². The Morgan fingerprint density at radius 3 is 2.59 bits per heavy atom. The number of amides is 1. The van der Waals surface area contributed by atoms with E-state index >= 15 is 0 Å². The molecule has 0 radical (unpaired) electrons. The molecule has 1 aliphatic carbocycles. The minimum Gasteiger partial charge on any atom is -0.353 e. The average molecular weight is 410 g/mol. The van der Waals surface area contributed by atoms with E-state index in [-0.39, 0.29) is 17.4 Å². The average Bonchev–Trinajstić information content (AvgIpc) is 3.19. The van der Waals surface area contributed by atoms with E-state index in [2.05, 4.69) is 45.2 Å². The highest BCUT2D eigenvalue weighted by Gasteiger charge is 2.37. The number of carbonyl (C=O) groups is 1. The number of benzene rings is 1. The largest absolute Gasteiger partial charge is 0.353 e. The summed E-state index contributed by atoms with van der Waals surface area (Å²) in [6.45, 7) is 2.59. The van der Waals surface area contributed by atoms with Crippen molar-refractivity contribution >= 4 is 23.2 Å². The van der Waals surface area contributed by atoms with Gasteiger partial charge in [0, 0.05) is 25.0 Å². The van der Waals surface area contributed by atoms with Crippen molar-refractivity contribution in [3.8, 4) is 6.19 Å². The summed E-state index contributed by atoms with van der Waals surface area (Å²) in [5, 5.41) is 19.9. The molecule has 0 saturated heterocycles. The van der Waals surface area contributed by atoms with E-state index in [1.807, 2.05) is 30.6 Å². The minimum atomic E-state index is -0.0908. The zero-order valence-electron chi connectivity index (χ0n) is 16.9. The summed E-state index contributed by atoms with van der Waals surface area (Å²) in [4.78, 5) is 17.6. The van der Waals surface area contributed by atoms with E-state index in [0.29, 0.717) is 12.5 Å². The molecule has 1 amide bonds. The zero-order valence-corrected chi connectivity index (χ0v) is 17.7. The number of carbonyl (C=O) groups excluding carboxylic acids is 1. The lowest BCUT2D eigenvalue weighted by atomic mass is 9.68. The van der Waals surface area contributed by atoms with Gasteiger partial charge in [-0.25, -0.2) is 0 Å². The Morgan fingerprint density at radius 1 is 1.28 bits per heavy atom. The smallest absolute Gasteiger partial charge is 0.261 e. The van der Waals surface area contributed by atoms with Gasteiger partial charge in [0.25, 0.3) is 5.91 Å². The summed E-state index contributed by atoms with van der Waals surface area (Å²) in [6.07, 6.45) is 5.68. The highest BCUT2D eigenvalue weighted by atomic mass is 32.1. The highest BCUT2D eigenvalue weighted by Crippen LogP contribution is 2.39. The number of thiophene rings is 1. The number of nitrogens with one attached hydrogen (secondary N) is 3. The number of aliphatic imine (C=N–C) groups is 1. The monoisotopic (exact) mass is 409 g/mol. The minimum absolute atomic E-state index is 0.00618. The number of rotatable bonds is 5. The standard InChI is InChI=1S/C22H27N5OS/c1-16-10-13-29-19(16)20(28)25-14-22(17-6-4-3-5-7-17)11-8-18(9-12-22)27-21(24-2)26-15-23/h3-7,10,13,18H,8-9,11-12,14H2,1-2H3,(H,25,28)(H2,24,26,27). The van der Waals surface area contributed by atoms with Crippen LogP contribution in [0.1, 0.15) is 46.5 Å². The Morgan fingerprint density at radius 2 is 2.00 bits per heavy atom. The third-order valence-electron chi connectivity index (χ3n) is 5.72. The van der Waals surface area contributed by atoms with Gasteiger partial charge in [0.15, 0.2) is 6.19 Å². The van der Waals surface area contributed by atoms with Gasteiger partial charge in [-0.15, -0.1) is 11.3 Å². The molecular weight excluding hydrogens is 382 g/mol. The van der Waals surface area contributed by atoms with Crippen molar-refractivity contribution in [2.24, 2.45) is 4.99 Å². The quantitative estimate of drug-likeness (QED) is 0.306. The number of hydrogen-bond acceptors (Lipinski definition) is 4. The third kappa shape index (κ3) is 4.96. The van der Waals surface area contributed by atoms with Crippen molar-refractivity contribution in [1.29, 1.82) is 5.26 Å². The first-order valence-corrected chi connectivity index (χ1v) is 10.7. The Labute approximate surface area is 176 Å². The van der Waals surface area contributed by atoms with Crippen molar-refractivity contribution < 1.29 is 4.79 Å². The molecule has 0 spiro atoms. The molecule has 1 heterocycles. The molecule has 2 aromatic rings. The van der Waals surface area contributed by atoms with Crippen LogP contribution in [0, 0.1) is 18.4 Å². The second kappa shape index (κ2) is 9.57. The van der Waals surface area contributed by atoms with Crippen molar-refractivity contribution in [3.05, 3.63) is 57.8 Å². The lowest BCUT2D eigenvalue weighted by Gasteiger charge is -2.41. The molecule has 6 nitrogen and oxygen atoms in total. The maximum absolute atomic E-state index is 12.7. The fraction of sp³-hybridized carbons (Fsp3) is 0.409. The fourth-order valence-electron chi connectivity index (χ4n) is 4.01. The molecule has 1 aliphatic rings. The number of nitrogens with zero attached hydrogens (tertiary/aromatic N) is 2. The highest BCUT2D eigenvalue weighted by molar-refractivity contribution is 7.12. The summed E-state index contributed by atoms with van der Waals surface area (Å²) in [7, 11) is 1.66. The van der Waals surface area contributed by atoms with Crippen LogP contribution in [-0.4, -0.2) is 31.5 Å². The first kappa shape index (κ1) is 20.9. The van der Waals surface area contributed by atoms with E-state index < -0.39 is 0 Å². The molecule has 0 aliphatic heterocycles. The maximum Gasteiger partial charge on any atom is 0.261 e. The molecule has 1 saturated carbocycles. The molecule has 0 bridgehead atoms. The van der Waals surface area contributed by atoms with Crippen LogP contribution in [0.2, 0.25) is 0 Å². The summed E-state index contributed by atoms with van der Waals surface area (Å²) in [6, 6.07) is 12.7. The zero-order chi connectivity index (χ0) is 20.7. The second-order valence-corrected chi connectivity index (χ2v) is 8.41. The second-order valence-electron chi connectivity index (χ2n) is 7.49. The van der Waals surface area contributed by atoms with E-state index in [0.717, 1.165) is 36.1 Å². The Bertz CT molecular complexity index is 891. The van der Waals surface area contributed by atoms with Crippen molar-refractivity contribution in [3.63, 3.8) is 0 Å². The van der Waals surface area contributed by atoms with Gasteiger partial charge in [0.1, 0.15) is 0 Å². The van der Waals surface area contributed by atoms with Gasteiger partial charge >= 0.3 is 0 Å². The Hall–Kier alpha value is -2.85. The molecule has 1 fully saturated rings. The lowest BCUT2D eigenvalue weighted by molar-refractivity contribution is 0.0938. The molecule has 152 valence electrons. The van der Waals surface area contributed by atoms with E-state index in [4.69, 9.17) is 5.26 Å². The fourth-order valence-corrected chi connectivity index (χ4v) is 4.85. The molecule has 1 aromatic heterocycles. The van der Waals surface area contributed by atoms with Crippen LogP contribution in [0.25, 0.3) is 0 Å². The van der Waals surface area contributed by atoms with Crippen LogP contribution < -0.4 is 16.0 Å². The van der Waals surface area contributed by atoms with Gasteiger partial charge < -0.3 is 10.6 Å². The molecular formula is C22H27N5OS. The lowest BCUT2D eigenvalue weighted by Crippen LogP contribution is -2.49. The van der Waals surface area contributed by atoms with Crippen LogP contribution in [-0.2, 0) is 5.41 Å². The molecule has 29 heavy (non-hydrogen) atoms. The van der Waals surface area contributed by atoms with E-state index in [1.54, 1.807) is 7.05 Å². The van der Waals surface area contributed by atoms with Crippen LogP contribution in [0.5, 0.6) is 0 Å². The number of nitriles is 1. The molecule has 7 heteroatoms. The van der Waals surface area contributed by atoms with Gasteiger partial charge in [-0.2, -0.15) is 5.26 Å². The molecule has 0 unspecified atom stereocenters. The summed E-state index contributed by atoms with van der Waals surface area (Å²) < 4.78 is 0. The van der Waals surface area contributed by atoms with Crippen molar-refractivity contribution in [2.75, 3.05) is 13.6 Å². The maximum atomic E-state index is 12.7. The summed E-state index contributed by atoms with van der Waals surface area (Å²) in [5.41, 5.74) is 2.19. The molecule has 1 aromatic carbocycles. The van der Waals surface area contributed by atoms with Gasteiger partial charge in [0.05, 0.1) is 4.88 Å². The normalized spacial score (nSPS) is 21.8. The van der Waals surface area contributed by atoms with Gasteiger partial charge in [-0.1, -0.05) is 30.3 Å². The predicted octanol–water partition coefficient (Wildman–Crippen LogP) is 3.31. The first-order chi connectivity index (χ1) is 14.1.